The van der Waals surface area contributed by atoms with E-state index in [1.165, 1.54) is 31.4 Å². The van der Waals surface area contributed by atoms with Crippen LogP contribution in [0, 0.1) is 0 Å². The second kappa shape index (κ2) is 7.47. The first-order chi connectivity index (χ1) is 14.6. The van der Waals surface area contributed by atoms with Crippen LogP contribution in [-0.4, -0.2) is 22.3 Å². The van der Waals surface area contributed by atoms with Crippen molar-refractivity contribution in [2.75, 3.05) is 13.9 Å². The van der Waals surface area contributed by atoms with Crippen LogP contribution in [0.5, 0.6) is 17.2 Å². The van der Waals surface area contributed by atoms with Crippen molar-refractivity contribution >= 4 is 10.0 Å². The van der Waals surface area contributed by atoms with Gasteiger partial charge in [-0.2, -0.15) is 13.2 Å². The van der Waals surface area contributed by atoms with Gasteiger partial charge in [0.2, 0.25) is 16.8 Å². The maximum atomic E-state index is 13.3. The molecular weight excluding hydrogens is 435 g/mol. The molecule has 162 valence electrons. The highest BCUT2D eigenvalue weighted by molar-refractivity contribution is 7.89. The molecule has 3 aromatic carbocycles. The van der Waals surface area contributed by atoms with Gasteiger partial charge in [-0.1, -0.05) is 18.2 Å². The van der Waals surface area contributed by atoms with E-state index in [2.05, 4.69) is 0 Å². The second-order valence-electron chi connectivity index (χ2n) is 6.73. The number of ether oxygens (including phenoxy) is 3. The molecule has 0 amide bonds. The number of methoxy groups -OCH3 is 1. The van der Waals surface area contributed by atoms with Crippen LogP contribution in [-0.2, 0) is 16.2 Å². The Bertz CT molecular complexity index is 1260. The summed E-state index contributed by atoms with van der Waals surface area (Å²) in [6, 6.07) is 12.8. The predicted molar refractivity (Wildman–Crippen MR) is 106 cm³/mol. The predicted octanol–water partition coefficient (Wildman–Crippen LogP) is 4.42. The van der Waals surface area contributed by atoms with Crippen LogP contribution >= 0.6 is 0 Å². The highest BCUT2D eigenvalue weighted by Gasteiger charge is 2.34. The van der Waals surface area contributed by atoms with Crippen LogP contribution in [0.3, 0.4) is 0 Å². The lowest BCUT2D eigenvalue weighted by Crippen LogP contribution is -2.11. The first kappa shape index (κ1) is 21.0. The topological polar surface area (TPSA) is 87.9 Å². The first-order valence-electron chi connectivity index (χ1n) is 8.90. The molecule has 0 aromatic heterocycles. The van der Waals surface area contributed by atoms with E-state index >= 15 is 0 Å². The van der Waals surface area contributed by atoms with Crippen molar-refractivity contribution in [3.8, 4) is 39.5 Å². The Morgan fingerprint density at radius 3 is 1.97 bits per heavy atom. The standard InChI is InChI=1S/C21H16F3NO5S/c1-28-18-8-13(4-7-17(18)21(22,23)24)16-10-20-19(29-11-30-20)9-15(16)12-2-5-14(6-3-12)31(25,26)27/h2-10H,11H2,1H3,(H2,25,26,27). The Morgan fingerprint density at radius 2 is 1.45 bits per heavy atom. The Labute approximate surface area is 176 Å². The van der Waals surface area contributed by atoms with Gasteiger partial charge in [0.15, 0.2) is 11.5 Å². The summed E-state index contributed by atoms with van der Waals surface area (Å²) in [7, 11) is -2.70. The molecule has 3 aromatic rings. The lowest BCUT2D eigenvalue weighted by Gasteiger charge is -2.16. The Hall–Kier alpha value is -3.24. The second-order valence-corrected chi connectivity index (χ2v) is 8.29. The van der Waals surface area contributed by atoms with E-state index in [0.717, 1.165) is 6.07 Å². The Morgan fingerprint density at radius 1 is 0.903 bits per heavy atom. The number of fused-ring (bicyclic) bond motifs is 1. The molecule has 0 unspecified atom stereocenters. The smallest absolute Gasteiger partial charge is 0.419 e. The van der Waals surface area contributed by atoms with Gasteiger partial charge in [0, 0.05) is 0 Å². The molecule has 4 rings (SSSR count). The van der Waals surface area contributed by atoms with Gasteiger partial charge in [-0.15, -0.1) is 0 Å². The van der Waals surface area contributed by atoms with E-state index in [9.17, 15) is 21.6 Å². The molecule has 10 heteroatoms. The third kappa shape index (κ3) is 4.04. The maximum absolute atomic E-state index is 13.3. The van der Waals surface area contributed by atoms with Gasteiger partial charge in [-0.25, -0.2) is 13.6 Å². The largest absolute Gasteiger partial charge is 0.496 e. The molecule has 2 N–H and O–H groups in total. The summed E-state index contributed by atoms with van der Waals surface area (Å²) in [6.07, 6.45) is -4.56. The maximum Gasteiger partial charge on any atom is 0.419 e. The summed E-state index contributed by atoms with van der Waals surface area (Å²) >= 11 is 0. The Kier molecular flexibility index (Phi) is 5.06. The van der Waals surface area contributed by atoms with Crippen LogP contribution in [0.2, 0.25) is 0 Å². The number of primary sulfonamides is 1. The van der Waals surface area contributed by atoms with Crippen molar-refractivity contribution in [2.24, 2.45) is 5.14 Å². The van der Waals surface area contributed by atoms with E-state index in [1.54, 1.807) is 24.3 Å². The summed E-state index contributed by atoms with van der Waals surface area (Å²) in [5, 5.41) is 5.15. The van der Waals surface area contributed by atoms with Gasteiger partial charge in [-0.3, -0.25) is 0 Å². The van der Waals surface area contributed by atoms with Crippen molar-refractivity contribution < 1.29 is 35.8 Å². The fraction of sp³-hybridized carbons (Fsp3) is 0.143. The average molecular weight is 451 g/mol. The normalized spacial score (nSPS) is 13.3. The van der Waals surface area contributed by atoms with Gasteiger partial charge in [0.25, 0.3) is 0 Å². The third-order valence-electron chi connectivity index (χ3n) is 4.82. The van der Waals surface area contributed by atoms with Crippen molar-refractivity contribution in [3.63, 3.8) is 0 Å². The fourth-order valence-corrected chi connectivity index (χ4v) is 3.85. The Balaban J connectivity index is 1.89. The minimum absolute atomic E-state index is 0.0128. The molecular formula is C21H16F3NO5S. The van der Waals surface area contributed by atoms with Crippen LogP contribution < -0.4 is 19.3 Å². The number of rotatable bonds is 4. The zero-order valence-electron chi connectivity index (χ0n) is 16.1. The molecule has 0 spiro atoms. The monoisotopic (exact) mass is 451 g/mol. The summed E-state index contributed by atoms with van der Waals surface area (Å²) in [6.45, 7) is 0.0128. The van der Waals surface area contributed by atoms with Crippen molar-refractivity contribution in [3.05, 3.63) is 60.2 Å². The molecule has 0 aliphatic carbocycles. The van der Waals surface area contributed by atoms with E-state index in [-0.39, 0.29) is 17.4 Å². The summed E-state index contributed by atoms with van der Waals surface area (Å²) < 4.78 is 78.7. The number of benzene rings is 3. The van der Waals surface area contributed by atoms with E-state index in [0.29, 0.717) is 33.8 Å². The minimum Gasteiger partial charge on any atom is -0.496 e. The van der Waals surface area contributed by atoms with Crippen LogP contribution in [0.1, 0.15) is 5.56 Å². The van der Waals surface area contributed by atoms with Crippen LogP contribution in [0.4, 0.5) is 13.2 Å². The zero-order valence-corrected chi connectivity index (χ0v) is 16.9. The number of sulfonamides is 1. The van der Waals surface area contributed by atoms with Gasteiger partial charge in [0.1, 0.15) is 5.75 Å². The van der Waals surface area contributed by atoms with Crippen LogP contribution in [0.25, 0.3) is 22.3 Å². The number of nitrogens with two attached hydrogens (primary N) is 1. The van der Waals surface area contributed by atoms with E-state index in [4.69, 9.17) is 19.3 Å². The van der Waals surface area contributed by atoms with Gasteiger partial charge >= 0.3 is 6.18 Å². The van der Waals surface area contributed by atoms with Gasteiger partial charge in [-0.05, 0) is 58.7 Å². The zero-order chi connectivity index (χ0) is 22.4. The highest BCUT2D eigenvalue weighted by atomic mass is 32.2. The molecule has 1 heterocycles. The third-order valence-corrected chi connectivity index (χ3v) is 5.75. The number of hydrogen-bond donors (Lipinski definition) is 1. The highest BCUT2D eigenvalue weighted by Crippen LogP contribution is 2.45. The molecule has 31 heavy (non-hydrogen) atoms. The van der Waals surface area contributed by atoms with Gasteiger partial charge in [0.05, 0.1) is 17.6 Å². The molecule has 1 aliphatic rings. The molecule has 0 fully saturated rings. The fourth-order valence-electron chi connectivity index (χ4n) is 3.34. The molecule has 0 atom stereocenters. The number of hydrogen-bond acceptors (Lipinski definition) is 5. The summed E-state index contributed by atoms with van der Waals surface area (Å²) in [5.41, 5.74) is 1.33. The van der Waals surface area contributed by atoms with E-state index < -0.39 is 21.8 Å². The lowest BCUT2D eigenvalue weighted by atomic mass is 9.93. The summed E-state index contributed by atoms with van der Waals surface area (Å²) in [4.78, 5) is -0.0604. The SMILES string of the molecule is COc1cc(-c2cc3c(cc2-c2ccc(S(N)(=O)=O)cc2)OCO3)ccc1C(F)(F)F. The quantitative estimate of drug-likeness (QED) is 0.634. The number of alkyl halides is 3. The van der Waals surface area contributed by atoms with E-state index in [1.807, 2.05) is 0 Å². The van der Waals surface area contributed by atoms with Crippen molar-refractivity contribution in [2.45, 2.75) is 11.1 Å². The average Bonchev–Trinajstić information content (AvgIpc) is 3.18. The van der Waals surface area contributed by atoms with Gasteiger partial charge < -0.3 is 14.2 Å². The molecule has 0 saturated carbocycles. The lowest BCUT2D eigenvalue weighted by molar-refractivity contribution is -0.138. The van der Waals surface area contributed by atoms with Crippen molar-refractivity contribution in [1.82, 2.24) is 0 Å². The molecule has 0 saturated heterocycles. The minimum atomic E-state index is -4.56. The molecule has 0 bridgehead atoms. The molecule has 1 aliphatic heterocycles. The first-order valence-corrected chi connectivity index (χ1v) is 10.4. The van der Waals surface area contributed by atoms with Crippen molar-refractivity contribution in [1.29, 1.82) is 0 Å². The summed E-state index contributed by atoms with van der Waals surface area (Å²) in [5.74, 6) is 0.588. The van der Waals surface area contributed by atoms with Crippen LogP contribution in [0.15, 0.2) is 59.5 Å². The molecule has 0 radical (unpaired) electrons. The number of halogens is 3. The molecule has 6 nitrogen and oxygen atoms in total.